The molecule has 3 unspecified atom stereocenters. The molecule has 1 fully saturated rings. The number of ether oxygens (including phenoxy) is 1. The largest absolute Gasteiger partial charge is 0.389 e. The predicted octanol–water partition coefficient (Wildman–Crippen LogP) is 2.19. The molecule has 3 nitrogen and oxygen atoms in total. The maximum Gasteiger partial charge on any atom is 0.0897 e. The minimum absolute atomic E-state index is 0.369. The summed E-state index contributed by atoms with van der Waals surface area (Å²) in [5.74, 6) is 1.61. The van der Waals surface area contributed by atoms with Crippen molar-refractivity contribution in [1.82, 2.24) is 5.32 Å². The lowest BCUT2D eigenvalue weighted by Crippen LogP contribution is -2.39. The molecule has 3 heteroatoms. The number of hydrogen-bond acceptors (Lipinski definition) is 3. The fraction of sp³-hybridized carbons (Fsp3) is 1.00. The number of nitrogens with one attached hydrogen (secondary N) is 1. The van der Waals surface area contributed by atoms with Crippen molar-refractivity contribution in [3.05, 3.63) is 0 Å². The second-order valence-corrected chi connectivity index (χ2v) is 5.79. The highest BCUT2D eigenvalue weighted by Crippen LogP contribution is 2.30. The van der Waals surface area contributed by atoms with Gasteiger partial charge in [-0.25, -0.2) is 0 Å². The SMILES string of the molecule is COCC(O)CNC1CCCC1CCC(C)C. The summed E-state index contributed by atoms with van der Waals surface area (Å²) in [5.41, 5.74) is 0. The molecule has 0 heterocycles. The van der Waals surface area contributed by atoms with Crippen LogP contribution in [0.3, 0.4) is 0 Å². The Balaban J connectivity index is 2.21. The Morgan fingerprint density at radius 2 is 2.12 bits per heavy atom. The molecule has 0 aliphatic heterocycles. The van der Waals surface area contributed by atoms with Crippen LogP contribution in [0.2, 0.25) is 0 Å². The molecule has 1 rings (SSSR count). The van der Waals surface area contributed by atoms with Crippen LogP contribution in [0.15, 0.2) is 0 Å². The van der Waals surface area contributed by atoms with E-state index in [0.717, 1.165) is 11.8 Å². The summed E-state index contributed by atoms with van der Waals surface area (Å²) in [4.78, 5) is 0. The van der Waals surface area contributed by atoms with E-state index in [-0.39, 0.29) is 6.10 Å². The fourth-order valence-corrected chi connectivity index (χ4v) is 2.74. The molecular weight excluding hydrogens is 214 g/mol. The quantitative estimate of drug-likeness (QED) is 0.686. The van der Waals surface area contributed by atoms with E-state index in [0.29, 0.717) is 19.2 Å². The van der Waals surface area contributed by atoms with E-state index in [4.69, 9.17) is 4.74 Å². The van der Waals surface area contributed by atoms with E-state index in [9.17, 15) is 5.11 Å². The molecular formula is C14H29NO2. The summed E-state index contributed by atoms with van der Waals surface area (Å²) in [5, 5.41) is 13.1. The Morgan fingerprint density at radius 1 is 1.35 bits per heavy atom. The zero-order chi connectivity index (χ0) is 12.7. The highest BCUT2D eigenvalue weighted by Gasteiger charge is 2.26. The van der Waals surface area contributed by atoms with Gasteiger partial charge in [-0.1, -0.05) is 26.7 Å². The molecule has 0 bridgehead atoms. The van der Waals surface area contributed by atoms with Crippen LogP contribution < -0.4 is 5.32 Å². The Hall–Kier alpha value is -0.120. The second-order valence-electron chi connectivity index (χ2n) is 5.79. The van der Waals surface area contributed by atoms with Crippen molar-refractivity contribution in [3.63, 3.8) is 0 Å². The molecule has 2 N–H and O–H groups in total. The van der Waals surface area contributed by atoms with E-state index in [2.05, 4.69) is 19.2 Å². The van der Waals surface area contributed by atoms with Crippen LogP contribution in [-0.4, -0.2) is 37.5 Å². The summed E-state index contributed by atoms with van der Waals surface area (Å²) in [6.07, 6.45) is 6.24. The van der Waals surface area contributed by atoms with Crippen LogP contribution in [0.1, 0.15) is 46.0 Å². The van der Waals surface area contributed by atoms with Crippen LogP contribution >= 0.6 is 0 Å². The molecule has 0 aromatic rings. The lowest BCUT2D eigenvalue weighted by atomic mass is 9.93. The Bertz CT molecular complexity index is 197. The van der Waals surface area contributed by atoms with Gasteiger partial charge >= 0.3 is 0 Å². The maximum absolute atomic E-state index is 9.63. The number of aliphatic hydroxyl groups is 1. The molecule has 0 saturated heterocycles. The molecule has 0 radical (unpaired) electrons. The number of methoxy groups -OCH3 is 1. The molecule has 0 spiro atoms. The van der Waals surface area contributed by atoms with Crippen LogP contribution in [0.4, 0.5) is 0 Å². The third kappa shape index (κ3) is 5.84. The summed E-state index contributed by atoms with van der Waals surface area (Å²) in [7, 11) is 1.63. The monoisotopic (exact) mass is 243 g/mol. The minimum atomic E-state index is -0.369. The Morgan fingerprint density at radius 3 is 2.76 bits per heavy atom. The van der Waals surface area contributed by atoms with Crippen molar-refractivity contribution in [2.75, 3.05) is 20.3 Å². The molecule has 3 atom stereocenters. The topological polar surface area (TPSA) is 41.5 Å². The molecule has 1 aliphatic carbocycles. The van der Waals surface area contributed by atoms with Gasteiger partial charge in [-0.15, -0.1) is 0 Å². The smallest absolute Gasteiger partial charge is 0.0897 e. The fourth-order valence-electron chi connectivity index (χ4n) is 2.74. The highest BCUT2D eigenvalue weighted by molar-refractivity contribution is 4.84. The van der Waals surface area contributed by atoms with Crippen molar-refractivity contribution < 1.29 is 9.84 Å². The summed E-state index contributed by atoms with van der Waals surface area (Å²) in [6, 6.07) is 0.611. The first-order valence-corrected chi connectivity index (χ1v) is 7.03. The lowest BCUT2D eigenvalue weighted by Gasteiger charge is -2.23. The van der Waals surface area contributed by atoms with Crippen molar-refractivity contribution in [1.29, 1.82) is 0 Å². The lowest BCUT2D eigenvalue weighted by molar-refractivity contribution is 0.0616. The maximum atomic E-state index is 9.63. The van der Waals surface area contributed by atoms with Crippen LogP contribution in [0.25, 0.3) is 0 Å². The van der Waals surface area contributed by atoms with Crippen LogP contribution in [0, 0.1) is 11.8 Å². The normalized spacial score (nSPS) is 26.6. The molecule has 1 saturated carbocycles. The van der Waals surface area contributed by atoms with Crippen molar-refractivity contribution >= 4 is 0 Å². The van der Waals surface area contributed by atoms with E-state index in [1.54, 1.807) is 7.11 Å². The van der Waals surface area contributed by atoms with Gasteiger partial charge in [0.25, 0.3) is 0 Å². The number of aliphatic hydroxyl groups excluding tert-OH is 1. The van der Waals surface area contributed by atoms with Gasteiger partial charge in [0.15, 0.2) is 0 Å². The Kier molecular flexibility index (Phi) is 7.09. The van der Waals surface area contributed by atoms with Crippen molar-refractivity contribution in [2.24, 2.45) is 11.8 Å². The van der Waals surface area contributed by atoms with E-state index >= 15 is 0 Å². The van der Waals surface area contributed by atoms with E-state index in [1.165, 1.54) is 32.1 Å². The standard InChI is InChI=1S/C14H29NO2/c1-11(2)7-8-12-5-4-6-14(12)15-9-13(16)10-17-3/h11-16H,4-10H2,1-3H3. The predicted molar refractivity (Wildman–Crippen MR) is 71.1 cm³/mol. The van der Waals surface area contributed by atoms with Gasteiger partial charge in [-0.2, -0.15) is 0 Å². The van der Waals surface area contributed by atoms with E-state index < -0.39 is 0 Å². The van der Waals surface area contributed by atoms with Crippen molar-refractivity contribution in [2.45, 2.75) is 58.1 Å². The zero-order valence-corrected chi connectivity index (χ0v) is 11.6. The average molecular weight is 243 g/mol. The Labute approximate surface area is 106 Å². The minimum Gasteiger partial charge on any atom is -0.389 e. The van der Waals surface area contributed by atoms with Gasteiger partial charge in [0.1, 0.15) is 0 Å². The first kappa shape index (κ1) is 14.9. The molecule has 0 aromatic heterocycles. The van der Waals surface area contributed by atoms with Crippen LogP contribution in [0.5, 0.6) is 0 Å². The molecule has 1 aliphatic rings. The highest BCUT2D eigenvalue weighted by atomic mass is 16.5. The average Bonchev–Trinajstić information content (AvgIpc) is 2.71. The number of hydrogen-bond donors (Lipinski definition) is 2. The van der Waals surface area contributed by atoms with E-state index in [1.807, 2.05) is 0 Å². The van der Waals surface area contributed by atoms with Gasteiger partial charge in [0, 0.05) is 19.7 Å². The third-order valence-electron chi connectivity index (χ3n) is 3.75. The summed E-state index contributed by atoms with van der Waals surface area (Å²) < 4.78 is 4.93. The first-order chi connectivity index (χ1) is 8.13. The summed E-state index contributed by atoms with van der Waals surface area (Å²) >= 11 is 0. The van der Waals surface area contributed by atoms with Gasteiger partial charge in [0.2, 0.25) is 0 Å². The zero-order valence-electron chi connectivity index (χ0n) is 11.6. The van der Waals surface area contributed by atoms with Gasteiger partial charge in [-0.3, -0.25) is 0 Å². The van der Waals surface area contributed by atoms with Crippen molar-refractivity contribution in [3.8, 4) is 0 Å². The van der Waals surface area contributed by atoms with Gasteiger partial charge in [-0.05, 0) is 31.1 Å². The van der Waals surface area contributed by atoms with Gasteiger partial charge in [0.05, 0.1) is 12.7 Å². The molecule has 0 amide bonds. The van der Waals surface area contributed by atoms with Gasteiger partial charge < -0.3 is 15.2 Å². The molecule has 102 valence electrons. The van der Waals surface area contributed by atoms with Crippen LogP contribution in [-0.2, 0) is 4.74 Å². The molecule has 0 aromatic carbocycles. The second kappa shape index (κ2) is 8.06. The first-order valence-electron chi connectivity index (χ1n) is 7.03. The number of rotatable bonds is 8. The molecule has 17 heavy (non-hydrogen) atoms. The summed E-state index contributed by atoms with van der Waals surface area (Å²) in [6.45, 7) is 5.67. The third-order valence-corrected chi connectivity index (χ3v) is 3.75.